The average Bonchev–Trinajstić information content (AvgIpc) is 3.27. The first kappa shape index (κ1) is 14.9. The molecule has 1 saturated heterocycles. The molecule has 0 unspecified atom stereocenters. The van der Waals surface area contributed by atoms with E-state index in [4.69, 9.17) is 0 Å². The SMILES string of the molecule is O=C1CCCN1CC[C@H]1CN(Cc2cccs2)Cc2ccnn21. The van der Waals surface area contributed by atoms with Crippen LogP contribution in [0.3, 0.4) is 0 Å². The third-order valence-corrected chi connectivity index (χ3v) is 5.68. The lowest BCUT2D eigenvalue weighted by Gasteiger charge is -2.34. The molecule has 122 valence electrons. The van der Waals surface area contributed by atoms with Gasteiger partial charge >= 0.3 is 0 Å². The molecule has 6 heteroatoms. The monoisotopic (exact) mass is 330 g/mol. The van der Waals surface area contributed by atoms with Gasteiger partial charge in [-0.15, -0.1) is 11.3 Å². The first-order valence-electron chi connectivity index (χ1n) is 8.34. The van der Waals surface area contributed by atoms with Gasteiger partial charge in [0.2, 0.25) is 5.91 Å². The van der Waals surface area contributed by atoms with Crippen LogP contribution in [-0.2, 0) is 17.9 Å². The molecular weight excluding hydrogens is 308 g/mol. The smallest absolute Gasteiger partial charge is 0.222 e. The number of hydrogen-bond donors (Lipinski definition) is 0. The van der Waals surface area contributed by atoms with Crippen LogP contribution in [0.2, 0.25) is 0 Å². The molecule has 1 fully saturated rings. The third-order valence-electron chi connectivity index (χ3n) is 4.82. The molecule has 1 amide bonds. The molecule has 0 aromatic carbocycles. The molecule has 5 nitrogen and oxygen atoms in total. The molecular formula is C17H22N4OS. The zero-order valence-electron chi connectivity index (χ0n) is 13.2. The molecule has 0 bridgehead atoms. The van der Waals surface area contributed by atoms with E-state index in [0.29, 0.717) is 11.9 Å². The van der Waals surface area contributed by atoms with E-state index < -0.39 is 0 Å². The fourth-order valence-corrected chi connectivity index (χ4v) is 4.41. The number of likely N-dealkylation sites (tertiary alicyclic amines) is 1. The number of hydrogen-bond acceptors (Lipinski definition) is 4. The van der Waals surface area contributed by atoms with Crippen LogP contribution in [0.25, 0.3) is 0 Å². The molecule has 0 N–H and O–H groups in total. The van der Waals surface area contributed by atoms with E-state index in [0.717, 1.165) is 52.0 Å². The summed E-state index contributed by atoms with van der Waals surface area (Å²) in [4.78, 5) is 17.7. The van der Waals surface area contributed by atoms with Gasteiger partial charge in [-0.3, -0.25) is 14.4 Å². The number of nitrogens with zero attached hydrogens (tertiary/aromatic N) is 4. The van der Waals surface area contributed by atoms with Crippen LogP contribution < -0.4 is 0 Å². The second-order valence-electron chi connectivity index (χ2n) is 6.44. The van der Waals surface area contributed by atoms with Crippen LogP contribution in [0.4, 0.5) is 0 Å². The molecule has 0 saturated carbocycles. The first-order chi connectivity index (χ1) is 11.3. The molecule has 4 rings (SSSR count). The van der Waals surface area contributed by atoms with Gasteiger partial charge in [-0.2, -0.15) is 5.10 Å². The van der Waals surface area contributed by atoms with Crippen molar-refractivity contribution in [3.8, 4) is 0 Å². The van der Waals surface area contributed by atoms with Crippen LogP contribution >= 0.6 is 11.3 Å². The van der Waals surface area contributed by atoms with E-state index in [9.17, 15) is 4.79 Å². The lowest BCUT2D eigenvalue weighted by molar-refractivity contribution is -0.127. The number of carbonyl (C=O) groups is 1. The molecule has 1 atom stereocenters. The summed E-state index contributed by atoms with van der Waals surface area (Å²) in [6.07, 6.45) is 4.63. The number of aromatic nitrogens is 2. The Balaban J connectivity index is 1.43. The van der Waals surface area contributed by atoms with Crippen LogP contribution in [0.1, 0.15) is 35.9 Å². The Labute approximate surface area is 140 Å². The van der Waals surface area contributed by atoms with Crippen molar-refractivity contribution >= 4 is 17.2 Å². The van der Waals surface area contributed by atoms with E-state index in [1.807, 2.05) is 22.4 Å². The molecule has 0 spiro atoms. The predicted octanol–water partition coefficient (Wildman–Crippen LogP) is 2.51. The Hall–Kier alpha value is -1.66. The summed E-state index contributed by atoms with van der Waals surface area (Å²) >= 11 is 1.82. The summed E-state index contributed by atoms with van der Waals surface area (Å²) in [5.74, 6) is 0.317. The molecule has 2 aliphatic heterocycles. The van der Waals surface area contributed by atoms with Gasteiger partial charge in [0.15, 0.2) is 0 Å². The maximum atomic E-state index is 11.8. The standard InChI is InChI=1S/C17H22N4OS/c22-17-4-1-8-20(17)9-6-15-12-19(13-16-3-2-10-23-16)11-14-5-7-18-21(14)15/h2-3,5,7,10,15H,1,4,6,8-9,11-13H2/t15-/m0/s1. The summed E-state index contributed by atoms with van der Waals surface area (Å²) < 4.78 is 2.17. The van der Waals surface area contributed by atoms with Gasteiger partial charge in [-0.05, 0) is 30.4 Å². The summed E-state index contributed by atoms with van der Waals surface area (Å²) in [5.41, 5.74) is 1.28. The van der Waals surface area contributed by atoms with Crippen LogP contribution in [0.5, 0.6) is 0 Å². The Morgan fingerprint density at radius 3 is 3.09 bits per heavy atom. The van der Waals surface area contributed by atoms with Crippen molar-refractivity contribution in [3.63, 3.8) is 0 Å². The van der Waals surface area contributed by atoms with Crippen molar-refractivity contribution in [3.05, 3.63) is 40.3 Å². The topological polar surface area (TPSA) is 41.4 Å². The minimum atomic E-state index is 0.317. The summed E-state index contributed by atoms with van der Waals surface area (Å²) in [6, 6.07) is 6.80. The quantitative estimate of drug-likeness (QED) is 0.846. The average molecular weight is 330 g/mol. The second kappa shape index (κ2) is 6.45. The lowest BCUT2D eigenvalue weighted by atomic mass is 10.1. The number of rotatable bonds is 5. The molecule has 2 aromatic rings. The third kappa shape index (κ3) is 3.19. The highest BCUT2D eigenvalue weighted by atomic mass is 32.1. The molecule has 23 heavy (non-hydrogen) atoms. The second-order valence-corrected chi connectivity index (χ2v) is 7.48. The first-order valence-corrected chi connectivity index (χ1v) is 9.22. The van der Waals surface area contributed by atoms with Crippen LogP contribution in [-0.4, -0.2) is 45.1 Å². The summed E-state index contributed by atoms with van der Waals surface area (Å²) in [7, 11) is 0. The number of thiophene rings is 1. The van der Waals surface area contributed by atoms with Gasteiger partial charge in [-0.25, -0.2) is 0 Å². The molecule has 2 aromatic heterocycles. The maximum Gasteiger partial charge on any atom is 0.222 e. The Bertz CT molecular complexity index is 666. The normalized spacial score (nSPS) is 21.8. The fourth-order valence-electron chi connectivity index (χ4n) is 3.67. The highest BCUT2D eigenvalue weighted by Crippen LogP contribution is 2.26. The van der Waals surface area contributed by atoms with E-state index >= 15 is 0 Å². The summed E-state index contributed by atoms with van der Waals surface area (Å²) in [5, 5.41) is 6.66. The predicted molar refractivity (Wildman–Crippen MR) is 90.1 cm³/mol. The minimum Gasteiger partial charge on any atom is -0.343 e. The number of carbonyl (C=O) groups excluding carboxylic acids is 1. The van der Waals surface area contributed by atoms with Gasteiger partial charge in [0.25, 0.3) is 0 Å². The van der Waals surface area contributed by atoms with E-state index in [1.165, 1.54) is 10.6 Å². The van der Waals surface area contributed by atoms with E-state index in [2.05, 4.69) is 38.3 Å². The Morgan fingerprint density at radius 1 is 1.35 bits per heavy atom. The fraction of sp³-hybridized carbons (Fsp3) is 0.529. The van der Waals surface area contributed by atoms with Crippen molar-refractivity contribution in [2.45, 2.75) is 38.4 Å². The van der Waals surface area contributed by atoms with Crippen molar-refractivity contribution < 1.29 is 4.79 Å². The molecule has 0 radical (unpaired) electrons. The Kier molecular flexibility index (Phi) is 4.18. The molecule has 0 aliphatic carbocycles. The minimum absolute atomic E-state index is 0.317. The van der Waals surface area contributed by atoms with Gasteiger partial charge in [-0.1, -0.05) is 6.07 Å². The highest BCUT2D eigenvalue weighted by molar-refractivity contribution is 7.09. The number of fused-ring (bicyclic) bond motifs is 1. The van der Waals surface area contributed by atoms with E-state index in [-0.39, 0.29) is 0 Å². The van der Waals surface area contributed by atoms with Gasteiger partial charge in [0, 0.05) is 50.2 Å². The highest BCUT2D eigenvalue weighted by Gasteiger charge is 2.27. The van der Waals surface area contributed by atoms with Crippen molar-refractivity contribution in [2.75, 3.05) is 19.6 Å². The zero-order valence-corrected chi connectivity index (χ0v) is 14.0. The lowest BCUT2D eigenvalue weighted by Crippen LogP contribution is -2.39. The zero-order chi connectivity index (χ0) is 15.6. The van der Waals surface area contributed by atoms with Gasteiger partial charge < -0.3 is 4.90 Å². The van der Waals surface area contributed by atoms with Crippen LogP contribution in [0.15, 0.2) is 29.8 Å². The Morgan fingerprint density at radius 2 is 2.30 bits per heavy atom. The number of amides is 1. The largest absolute Gasteiger partial charge is 0.343 e. The van der Waals surface area contributed by atoms with Crippen molar-refractivity contribution in [1.29, 1.82) is 0 Å². The van der Waals surface area contributed by atoms with Crippen molar-refractivity contribution in [2.24, 2.45) is 0 Å². The van der Waals surface area contributed by atoms with Crippen LogP contribution in [0, 0.1) is 0 Å². The molecule has 2 aliphatic rings. The van der Waals surface area contributed by atoms with Gasteiger partial charge in [0.05, 0.1) is 11.7 Å². The maximum absolute atomic E-state index is 11.8. The van der Waals surface area contributed by atoms with E-state index in [1.54, 1.807) is 0 Å². The van der Waals surface area contributed by atoms with Crippen molar-refractivity contribution in [1.82, 2.24) is 19.6 Å². The summed E-state index contributed by atoms with van der Waals surface area (Å²) in [6.45, 7) is 4.75. The molecule has 4 heterocycles. The van der Waals surface area contributed by atoms with Gasteiger partial charge in [0.1, 0.15) is 0 Å².